The van der Waals surface area contributed by atoms with E-state index in [1.807, 2.05) is 45.9 Å². The largest absolute Gasteiger partial charge is 0.488 e. The summed E-state index contributed by atoms with van der Waals surface area (Å²) in [6.45, 7) is 11.6. The lowest BCUT2D eigenvalue weighted by Gasteiger charge is -2.43. The minimum absolute atomic E-state index is 0.0640. The van der Waals surface area contributed by atoms with E-state index in [1.165, 1.54) is 6.92 Å². The summed E-state index contributed by atoms with van der Waals surface area (Å²) in [6, 6.07) is 5.80. The van der Waals surface area contributed by atoms with Gasteiger partial charge in [-0.05, 0) is 58.2 Å². The molecule has 46 heavy (non-hydrogen) atoms. The molecule has 1 aromatic carbocycles. The Hall–Kier alpha value is -4.29. The van der Waals surface area contributed by atoms with Crippen LogP contribution in [0.5, 0.6) is 5.75 Å². The number of carbonyl (C=O) groups excluding carboxylic acids is 3. The van der Waals surface area contributed by atoms with Crippen LogP contribution in [0.4, 0.5) is 33.6 Å². The number of benzene rings is 1. The van der Waals surface area contributed by atoms with Gasteiger partial charge >= 0.3 is 12.1 Å². The number of nitrogens with zero attached hydrogens (tertiary/aromatic N) is 6. The molecule has 1 aliphatic carbocycles. The third-order valence-corrected chi connectivity index (χ3v) is 8.56. The highest BCUT2D eigenvalue weighted by atomic mass is 16.6. The van der Waals surface area contributed by atoms with Crippen LogP contribution in [0, 0.1) is 0 Å². The molecule has 2 amide bonds. The third kappa shape index (κ3) is 7.56. The molecule has 1 saturated heterocycles. The van der Waals surface area contributed by atoms with Crippen molar-refractivity contribution in [2.24, 2.45) is 0 Å². The Bertz CT molecular complexity index is 1420. The Labute approximate surface area is 271 Å². The summed E-state index contributed by atoms with van der Waals surface area (Å²) in [4.78, 5) is 54.6. The van der Waals surface area contributed by atoms with Crippen LogP contribution in [0.25, 0.3) is 0 Å². The van der Waals surface area contributed by atoms with Crippen LogP contribution in [0.2, 0.25) is 0 Å². The minimum Gasteiger partial charge on any atom is -0.488 e. The summed E-state index contributed by atoms with van der Waals surface area (Å²) in [5.74, 6) is 1.39. The summed E-state index contributed by atoms with van der Waals surface area (Å²) in [5.41, 5.74) is 1.74. The van der Waals surface area contributed by atoms with Crippen LogP contribution in [-0.2, 0) is 19.1 Å². The van der Waals surface area contributed by atoms with Gasteiger partial charge in [0.1, 0.15) is 36.3 Å². The SMILES string of the molecule is CC[C@@H]1C(=O)N(C)c2cnc(Nc3cc(N4CCN(C(=O)OC(C)(C)C)CC4)ccc3OCCOC(C)=O)nc2N1C1CCCC1. The molecule has 0 spiro atoms. The number of hydrogen-bond acceptors (Lipinski definition) is 11. The van der Waals surface area contributed by atoms with Gasteiger partial charge in [0, 0.05) is 51.9 Å². The average Bonchev–Trinajstić information content (AvgIpc) is 3.55. The number of esters is 1. The number of fused-ring (bicyclic) bond motifs is 1. The summed E-state index contributed by atoms with van der Waals surface area (Å²) < 4.78 is 16.7. The lowest BCUT2D eigenvalue weighted by atomic mass is 10.0. The molecule has 2 aliphatic heterocycles. The second-order valence-electron chi connectivity index (χ2n) is 13.0. The van der Waals surface area contributed by atoms with Crippen molar-refractivity contribution < 1.29 is 28.6 Å². The Kier molecular flexibility index (Phi) is 10.1. The van der Waals surface area contributed by atoms with Crippen molar-refractivity contribution in [3.05, 3.63) is 24.4 Å². The van der Waals surface area contributed by atoms with Gasteiger partial charge in [0.05, 0.1) is 11.9 Å². The molecule has 0 unspecified atom stereocenters. The van der Waals surface area contributed by atoms with E-state index in [0.29, 0.717) is 55.7 Å². The maximum atomic E-state index is 13.3. The smallest absolute Gasteiger partial charge is 0.410 e. The van der Waals surface area contributed by atoms with Crippen molar-refractivity contribution in [3.63, 3.8) is 0 Å². The van der Waals surface area contributed by atoms with E-state index in [2.05, 4.69) is 20.1 Å². The number of rotatable bonds is 9. The molecule has 0 bridgehead atoms. The van der Waals surface area contributed by atoms with Gasteiger partial charge in [0.25, 0.3) is 0 Å². The van der Waals surface area contributed by atoms with E-state index < -0.39 is 5.60 Å². The van der Waals surface area contributed by atoms with Gasteiger partial charge < -0.3 is 39.1 Å². The maximum absolute atomic E-state index is 13.3. The second-order valence-corrected chi connectivity index (χ2v) is 13.0. The quantitative estimate of drug-likeness (QED) is 0.303. The van der Waals surface area contributed by atoms with Crippen LogP contribution in [-0.4, -0.2) is 97.0 Å². The van der Waals surface area contributed by atoms with E-state index in [-0.39, 0.29) is 43.3 Å². The third-order valence-electron chi connectivity index (χ3n) is 8.56. The number of aromatic nitrogens is 2. The zero-order valence-electron chi connectivity index (χ0n) is 27.9. The zero-order chi connectivity index (χ0) is 33.0. The number of ether oxygens (including phenoxy) is 3. The standard InChI is InChI=1S/C33H47N7O6/c1-7-26-30(42)37(6)27-21-34-31(36-29(27)40(26)23-10-8-9-11-23)35-25-20-24(12-13-28(25)45-19-18-44-22(2)41)38-14-16-39(17-15-38)32(43)46-33(3,4)5/h12-13,20-21,23,26H,7-11,14-19H2,1-6H3,(H,34,35,36)/t26-/m1/s1. The van der Waals surface area contributed by atoms with Crippen molar-refractivity contribution in [1.82, 2.24) is 14.9 Å². The van der Waals surface area contributed by atoms with Gasteiger partial charge in [-0.1, -0.05) is 19.8 Å². The van der Waals surface area contributed by atoms with Crippen molar-refractivity contribution in [1.29, 1.82) is 0 Å². The van der Waals surface area contributed by atoms with Crippen LogP contribution in [0.15, 0.2) is 24.4 Å². The predicted molar refractivity (Wildman–Crippen MR) is 176 cm³/mol. The van der Waals surface area contributed by atoms with E-state index >= 15 is 0 Å². The summed E-state index contributed by atoms with van der Waals surface area (Å²) in [5, 5.41) is 3.38. The fraction of sp³-hybridized carbons (Fsp3) is 0.606. The lowest BCUT2D eigenvalue weighted by molar-refractivity contribution is -0.141. The first kappa shape index (κ1) is 33.1. The molecule has 3 heterocycles. The first-order valence-corrected chi connectivity index (χ1v) is 16.3. The molecule has 5 rings (SSSR count). The minimum atomic E-state index is -0.546. The van der Waals surface area contributed by atoms with Crippen LogP contribution >= 0.6 is 0 Å². The van der Waals surface area contributed by atoms with E-state index in [1.54, 1.807) is 23.0 Å². The van der Waals surface area contributed by atoms with Gasteiger partial charge in [-0.25, -0.2) is 9.78 Å². The second kappa shape index (κ2) is 14.0. The molecule has 1 saturated carbocycles. The number of piperazine rings is 1. The molecule has 3 aliphatic rings. The highest BCUT2D eigenvalue weighted by Gasteiger charge is 2.41. The van der Waals surface area contributed by atoms with E-state index in [0.717, 1.165) is 37.2 Å². The number of amides is 2. The molecule has 1 N–H and O–H groups in total. The van der Waals surface area contributed by atoms with E-state index in [9.17, 15) is 14.4 Å². The van der Waals surface area contributed by atoms with Crippen molar-refractivity contribution in [2.75, 3.05) is 66.5 Å². The number of hydrogen-bond donors (Lipinski definition) is 1. The summed E-state index contributed by atoms with van der Waals surface area (Å²) in [7, 11) is 1.79. The van der Waals surface area contributed by atoms with Gasteiger partial charge in [0.15, 0.2) is 5.82 Å². The van der Waals surface area contributed by atoms with Gasteiger partial charge in [0.2, 0.25) is 11.9 Å². The Morgan fingerprint density at radius 2 is 1.78 bits per heavy atom. The Morgan fingerprint density at radius 1 is 1.07 bits per heavy atom. The normalized spacial score (nSPS) is 18.8. The van der Waals surface area contributed by atoms with Gasteiger partial charge in [-0.15, -0.1) is 0 Å². The highest BCUT2D eigenvalue weighted by molar-refractivity contribution is 6.04. The number of anilines is 5. The topological polar surface area (TPSA) is 130 Å². The van der Waals surface area contributed by atoms with Crippen molar-refractivity contribution in [3.8, 4) is 5.75 Å². The van der Waals surface area contributed by atoms with Gasteiger partial charge in [-0.2, -0.15) is 4.98 Å². The Morgan fingerprint density at radius 3 is 2.43 bits per heavy atom. The molecule has 13 nitrogen and oxygen atoms in total. The molecule has 1 aromatic heterocycles. The van der Waals surface area contributed by atoms with Crippen LogP contribution < -0.4 is 24.8 Å². The number of nitrogens with one attached hydrogen (secondary N) is 1. The van der Waals surface area contributed by atoms with E-state index in [4.69, 9.17) is 19.2 Å². The molecule has 2 fully saturated rings. The fourth-order valence-corrected chi connectivity index (χ4v) is 6.31. The van der Waals surface area contributed by atoms with Crippen LogP contribution in [0.3, 0.4) is 0 Å². The fourth-order valence-electron chi connectivity index (χ4n) is 6.31. The lowest BCUT2D eigenvalue weighted by Crippen LogP contribution is -2.55. The number of carbonyl (C=O) groups is 3. The number of likely N-dealkylation sites (N-methyl/N-ethyl adjacent to an activating group) is 1. The molecule has 0 radical (unpaired) electrons. The molecular weight excluding hydrogens is 590 g/mol. The monoisotopic (exact) mass is 637 g/mol. The Balaban J connectivity index is 1.40. The van der Waals surface area contributed by atoms with Crippen LogP contribution in [0.1, 0.15) is 66.7 Å². The average molecular weight is 638 g/mol. The summed E-state index contributed by atoms with van der Waals surface area (Å²) >= 11 is 0. The predicted octanol–water partition coefficient (Wildman–Crippen LogP) is 4.72. The first-order chi connectivity index (χ1) is 21.9. The zero-order valence-corrected chi connectivity index (χ0v) is 27.9. The van der Waals surface area contributed by atoms with Crippen molar-refractivity contribution >= 4 is 46.8 Å². The first-order valence-electron chi connectivity index (χ1n) is 16.3. The molecule has 13 heteroatoms. The van der Waals surface area contributed by atoms with Gasteiger partial charge in [-0.3, -0.25) is 9.59 Å². The molecular formula is C33H47N7O6. The maximum Gasteiger partial charge on any atom is 0.410 e. The molecule has 1 atom stereocenters. The molecule has 250 valence electrons. The highest BCUT2D eigenvalue weighted by Crippen LogP contribution is 2.40. The summed E-state index contributed by atoms with van der Waals surface area (Å²) in [6.07, 6.45) is 6.43. The van der Waals surface area contributed by atoms with Crippen molar-refractivity contribution in [2.45, 2.75) is 84.4 Å². The molecule has 2 aromatic rings.